The third kappa shape index (κ3) is 3.57. The molecule has 0 unspecified atom stereocenters. The predicted octanol–water partition coefficient (Wildman–Crippen LogP) is 2.29. The van der Waals surface area contributed by atoms with Crippen molar-refractivity contribution in [2.75, 3.05) is 13.1 Å². The zero-order valence-electron chi connectivity index (χ0n) is 14.3. The molecule has 0 bridgehead atoms. The molecule has 9 nitrogen and oxygen atoms in total. The lowest BCUT2D eigenvalue weighted by Crippen LogP contribution is -2.39. The number of carbonyl (C=O) groups excluding carboxylic acids is 1. The number of rotatable bonds is 3. The highest BCUT2D eigenvalue weighted by Gasteiger charge is 2.38. The van der Waals surface area contributed by atoms with Gasteiger partial charge in [-0.05, 0) is 18.9 Å². The number of aromatic amines is 1. The van der Waals surface area contributed by atoms with E-state index < -0.39 is 12.1 Å². The highest BCUT2D eigenvalue weighted by Crippen LogP contribution is 2.30. The molecule has 4 heterocycles. The molecule has 146 valence electrons. The molecular weight excluding hydrogens is 379 g/mol. The summed E-state index contributed by atoms with van der Waals surface area (Å²) in [5, 5.41) is 9.76. The fourth-order valence-corrected chi connectivity index (χ4v) is 3.08. The Labute approximate surface area is 156 Å². The largest absolute Gasteiger partial charge is 0.471 e. The molecule has 1 atom stereocenters. The minimum Gasteiger partial charge on any atom is -0.337 e. The van der Waals surface area contributed by atoms with Crippen LogP contribution in [0.15, 0.2) is 29.2 Å². The van der Waals surface area contributed by atoms with Gasteiger partial charge in [-0.25, -0.2) is 4.98 Å². The van der Waals surface area contributed by atoms with Crippen LogP contribution in [0.1, 0.15) is 40.8 Å². The Kier molecular flexibility index (Phi) is 4.53. The van der Waals surface area contributed by atoms with Gasteiger partial charge in [0.2, 0.25) is 5.82 Å². The Morgan fingerprint density at radius 3 is 2.86 bits per heavy atom. The van der Waals surface area contributed by atoms with Crippen molar-refractivity contribution in [2.45, 2.75) is 24.9 Å². The van der Waals surface area contributed by atoms with Crippen molar-refractivity contribution in [1.82, 2.24) is 35.2 Å². The van der Waals surface area contributed by atoms with Crippen molar-refractivity contribution in [2.24, 2.45) is 0 Å². The number of H-pyrrole nitrogens is 1. The fraction of sp³-hybridized carbons (Fsp3) is 0.375. The monoisotopic (exact) mass is 393 g/mol. The lowest BCUT2D eigenvalue weighted by Gasteiger charge is -2.32. The summed E-state index contributed by atoms with van der Waals surface area (Å²) in [4.78, 5) is 25.9. The van der Waals surface area contributed by atoms with Crippen molar-refractivity contribution < 1.29 is 22.5 Å². The SMILES string of the molecule is O=C(c1ccn[nH]1)N1CCC[C@@H](c2cncc(-c3noc(C(F)(F)F)n3)n2)C1. The molecule has 1 amide bonds. The van der Waals surface area contributed by atoms with Crippen LogP contribution in [-0.4, -0.2) is 54.2 Å². The molecule has 3 aromatic rings. The first kappa shape index (κ1) is 18.1. The van der Waals surface area contributed by atoms with Crippen LogP contribution < -0.4 is 0 Å². The Morgan fingerprint density at radius 2 is 2.14 bits per heavy atom. The molecule has 3 aromatic heterocycles. The summed E-state index contributed by atoms with van der Waals surface area (Å²) >= 11 is 0. The number of alkyl halides is 3. The highest BCUT2D eigenvalue weighted by molar-refractivity contribution is 5.92. The highest BCUT2D eigenvalue weighted by atomic mass is 19.4. The molecule has 1 fully saturated rings. The van der Waals surface area contributed by atoms with Gasteiger partial charge in [0, 0.05) is 31.4 Å². The third-order valence-corrected chi connectivity index (χ3v) is 4.41. The zero-order chi connectivity index (χ0) is 19.7. The number of amides is 1. The number of halogens is 3. The summed E-state index contributed by atoms with van der Waals surface area (Å²) in [6.07, 6.45) is 1.10. The van der Waals surface area contributed by atoms with E-state index in [1.807, 2.05) is 0 Å². The molecule has 1 aliphatic rings. The molecule has 0 aromatic carbocycles. The van der Waals surface area contributed by atoms with Crippen LogP contribution in [0.4, 0.5) is 13.2 Å². The van der Waals surface area contributed by atoms with E-state index in [0.717, 1.165) is 12.8 Å². The predicted molar refractivity (Wildman–Crippen MR) is 86.8 cm³/mol. The molecule has 0 radical (unpaired) electrons. The van der Waals surface area contributed by atoms with Crippen LogP contribution in [0.2, 0.25) is 0 Å². The summed E-state index contributed by atoms with van der Waals surface area (Å²) in [5.74, 6) is -2.01. The van der Waals surface area contributed by atoms with Gasteiger partial charge in [0.1, 0.15) is 11.4 Å². The van der Waals surface area contributed by atoms with Gasteiger partial charge in [-0.2, -0.15) is 23.3 Å². The van der Waals surface area contributed by atoms with E-state index in [1.165, 1.54) is 18.6 Å². The summed E-state index contributed by atoms with van der Waals surface area (Å²) < 4.78 is 42.2. The average Bonchev–Trinajstić information content (AvgIpc) is 3.39. The van der Waals surface area contributed by atoms with Gasteiger partial charge in [-0.1, -0.05) is 5.16 Å². The first-order valence-corrected chi connectivity index (χ1v) is 8.43. The van der Waals surface area contributed by atoms with Gasteiger partial charge in [0.05, 0.1) is 11.9 Å². The number of aromatic nitrogens is 6. The Bertz CT molecular complexity index is 971. The average molecular weight is 393 g/mol. The van der Waals surface area contributed by atoms with Crippen molar-refractivity contribution >= 4 is 5.91 Å². The van der Waals surface area contributed by atoms with Crippen molar-refractivity contribution in [3.05, 3.63) is 41.9 Å². The van der Waals surface area contributed by atoms with Crippen LogP contribution >= 0.6 is 0 Å². The number of nitrogens with one attached hydrogen (secondary N) is 1. The summed E-state index contributed by atoms with van der Waals surface area (Å²) in [7, 11) is 0. The molecule has 12 heteroatoms. The summed E-state index contributed by atoms with van der Waals surface area (Å²) in [6, 6.07) is 1.60. The molecule has 4 rings (SSSR count). The van der Waals surface area contributed by atoms with E-state index in [9.17, 15) is 18.0 Å². The Hall–Kier alpha value is -3.31. The smallest absolute Gasteiger partial charge is 0.337 e. The molecule has 1 aliphatic heterocycles. The number of hydrogen-bond acceptors (Lipinski definition) is 7. The Morgan fingerprint density at radius 1 is 1.29 bits per heavy atom. The number of piperidine rings is 1. The standard InChI is InChI=1S/C16H14F3N7O2/c17-16(18,19)15-23-13(25-28-15)12-7-20-6-11(22-12)9-2-1-5-26(8-9)14(27)10-3-4-21-24-10/h3-4,6-7,9H,1-2,5,8H2,(H,21,24)/t9-/m1/s1. The second-order valence-electron chi connectivity index (χ2n) is 6.31. The molecule has 1 N–H and O–H groups in total. The van der Waals surface area contributed by atoms with Crippen LogP contribution in [0.5, 0.6) is 0 Å². The maximum Gasteiger partial charge on any atom is 0.471 e. The van der Waals surface area contributed by atoms with E-state index in [0.29, 0.717) is 24.5 Å². The number of carbonyl (C=O) groups is 1. The molecule has 0 saturated carbocycles. The lowest BCUT2D eigenvalue weighted by atomic mass is 9.94. The lowest BCUT2D eigenvalue weighted by molar-refractivity contribution is -0.159. The topological polar surface area (TPSA) is 114 Å². The first-order valence-electron chi connectivity index (χ1n) is 8.43. The van der Waals surface area contributed by atoms with Gasteiger partial charge in [-0.3, -0.25) is 14.9 Å². The normalized spacial score (nSPS) is 17.7. The van der Waals surface area contributed by atoms with Crippen molar-refractivity contribution in [3.8, 4) is 11.5 Å². The van der Waals surface area contributed by atoms with Gasteiger partial charge < -0.3 is 9.42 Å². The fourth-order valence-electron chi connectivity index (χ4n) is 3.08. The van der Waals surface area contributed by atoms with E-state index in [1.54, 1.807) is 11.0 Å². The molecule has 1 saturated heterocycles. The van der Waals surface area contributed by atoms with Crippen LogP contribution in [-0.2, 0) is 6.18 Å². The van der Waals surface area contributed by atoms with Gasteiger partial charge in [-0.15, -0.1) is 0 Å². The van der Waals surface area contributed by atoms with Gasteiger partial charge >= 0.3 is 12.1 Å². The minimum absolute atomic E-state index is 0.0776. The minimum atomic E-state index is -4.73. The molecular formula is C16H14F3N7O2. The quantitative estimate of drug-likeness (QED) is 0.726. The Balaban J connectivity index is 1.54. The maximum atomic E-state index is 12.6. The number of nitrogens with zero attached hydrogens (tertiary/aromatic N) is 6. The van der Waals surface area contributed by atoms with E-state index in [2.05, 4.69) is 34.8 Å². The summed E-state index contributed by atoms with van der Waals surface area (Å²) in [5.41, 5.74) is 1.03. The summed E-state index contributed by atoms with van der Waals surface area (Å²) in [6.45, 7) is 1.01. The van der Waals surface area contributed by atoms with E-state index in [-0.39, 0.29) is 23.3 Å². The maximum absolute atomic E-state index is 12.6. The van der Waals surface area contributed by atoms with E-state index in [4.69, 9.17) is 0 Å². The van der Waals surface area contributed by atoms with Crippen molar-refractivity contribution in [1.29, 1.82) is 0 Å². The molecule has 0 spiro atoms. The van der Waals surface area contributed by atoms with Crippen molar-refractivity contribution in [3.63, 3.8) is 0 Å². The van der Waals surface area contributed by atoms with Gasteiger partial charge in [0.25, 0.3) is 5.91 Å². The zero-order valence-corrected chi connectivity index (χ0v) is 14.3. The molecule has 0 aliphatic carbocycles. The number of likely N-dealkylation sites (tertiary alicyclic amines) is 1. The second kappa shape index (κ2) is 7.02. The number of hydrogen-bond donors (Lipinski definition) is 1. The van der Waals surface area contributed by atoms with Crippen LogP contribution in [0.3, 0.4) is 0 Å². The van der Waals surface area contributed by atoms with Crippen LogP contribution in [0, 0.1) is 0 Å². The van der Waals surface area contributed by atoms with Crippen LogP contribution in [0.25, 0.3) is 11.5 Å². The second-order valence-corrected chi connectivity index (χ2v) is 6.31. The van der Waals surface area contributed by atoms with E-state index >= 15 is 0 Å². The van der Waals surface area contributed by atoms with Gasteiger partial charge in [0.15, 0.2) is 0 Å². The third-order valence-electron chi connectivity index (χ3n) is 4.41. The molecule has 28 heavy (non-hydrogen) atoms. The first-order chi connectivity index (χ1) is 13.4.